The number of ether oxygens (including phenoxy) is 2. The normalized spacial score (nSPS) is 38.5. The van der Waals surface area contributed by atoms with Crippen LogP contribution in [0.3, 0.4) is 0 Å². The Hall–Kier alpha value is -1.77. The van der Waals surface area contributed by atoms with Crippen molar-refractivity contribution in [2.75, 3.05) is 0 Å². The summed E-state index contributed by atoms with van der Waals surface area (Å²) in [4.78, 5) is 11.0. The lowest BCUT2D eigenvalue weighted by Gasteiger charge is -2.34. The van der Waals surface area contributed by atoms with Crippen LogP contribution in [0.15, 0.2) is 24.3 Å². The molecule has 1 saturated heterocycles. The Kier molecular flexibility index (Phi) is 2.69. The minimum absolute atomic E-state index is 0.530. The zero-order valence-corrected chi connectivity index (χ0v) is 9.21. The molecule has 2 N–H and O–H groups in total. The molecule has 1 fully saturated rings. The number of fused-ring (bicyclic) bond motifs is 1. The van der Waals surface area contributed by atoms with Crippen LogP contribution >= 0.6 is 0 Å². The summed E-state index contributed by atoms with van der Waals surface area (Å²) in [5, 5.41) is 20.1. The average molecular weight is 236 g/mol. The summed E-state index contributed by atoms with van der Waals surface area (Å²) in [5.74, 6) is 5.07. The van der Waals surface area contributed by atoms with Crippen LogP contribution in [0.1, 0.15) is 6.92 Å². The van der Waals surface area contributed by atoms with Gasteiger partial charge in [0.05, 0.1) is 0 Å². The van der Waals surface area contributed by atoms with Crippen molar-refractivity contribution in [3.8, 4) is 11.8 Å². The van der Waals surface area contributed by atoms with Gasteiger partial charge in [-0.15, -0.1) is 0 Å². The largest absolute Gasteiger partial charge is 0.509 e. The number of aliphatic hydroxyl groups is 2. The molecule has 1 heterocycles. The molecule has 90 valence electrons. The van der Waals surface area contributed by atoms with Crippen LogP contribution in [-0.4, -0.2) is 40.3 Å². The Morgan fingerprint density at radius 2 is 2.24 bits per heavy atom. The van der Waals surface area contributed by atoms with Gasteiger partial charge in [0.25, 0.3) is 0 Å². The maximum Gasteiger partial charge on any atom is 0.509 e. The third kappa shape index (κ3) is 1.93. The third-order valence-electron chi connectivity index (χ3n) is 2.60. The van der Waals surface area contributed by atoms with Crippen molar-refractivity contribution in [1.82, 2.24) is 0 Å². The van der Waals surface area contributed by atoms with E-state index < -0.39 is 30.1 Å². The summed E-state index contributed by atoms with van der Waals surface area (Å²) < 4.78 is 9.64. The van der Waals surface area contributed by atoms with Crippen molar-refractivity contribution in [2.45, 2.75) is 30.8 Å². The van der Waals surface area contributed by atoms with Gasteiger partial charge in [-0.05, 0) is 18.6 Å². The topological polar surface area (TPSA) is 76.0 Å². The molecule has 2 rings (SSSR count). The first kappa shape index (κ1) is 11.7. The van der Waals surface area contributed by atoms with Gasteiger partial charge in [-0.1, -0.05) is 24.5 Å². The maximum atomic E-state index is 11.0. The Bertz CT molecular complexity index is 455. The quantitative estimate of drug-likeness (QED) is 0.355. The second-order valence-electron chi connectivity index (χ2n) is 4.06. The molecule has 0 aromatic carbocycles. The van der Waals surface area contributed by atoms with Crippen LogP contribution in [0.25, 0.3) is 0 Å². The van der Waals surface area contributed by atoms with E-state index in [1.807, 2.05) is 0 Å². The van der Waals surface area contributed by atoms with E-state index in [0.29, 0.717) is 5.57 Å². The molecule has 0 radical (unpaired) electrons. The number of hydrogen-bond donors (Lipinski definition) is 2. The molecule has 5 heteroatoms. The van der Waals surface area contributed by atoms with Crippen molar-refractivity contribution in [2.24, 2.45) is 0 Å². The van der Waals surface area contributed by atoms with Gasteiger partial charge in [0.2, 0.25) is 0 Å². The molecule has 1 aliphatic carbocycles. The standard InChI is InChI=1S/C12H12O5/c1-7(2)5-6-12(15)9(13)4-3-8-10(12)17-11(14)16-8/h3-4,8-10,13,15H,1H2,2H3/t8-,9+,10-,12-/m1/s1. The zero-order chi connectivity index (χ0) is 12.6. The first-order valence-corrected chi connectivity index (χ1v) is 5.08. The number of carbonyl (C=O) groups is 1. The highest BCUT2D eigenvalue weighted by atomic mass is 16.8. The summed E-state index contributed by atoms with van der Waals surface area (Å²) in [6.45, 7) is 5.24. The molecular formula is C12H12O5. The van der Waals surface area contributed by atoms with Crippen molar-refractivity contribution in [3.63, 3.8) is 0 Å². The number of carbonyl (C=O) groups excluding carboxylic acids is 1. The van der Waals surface area contributed by atoms with Crippen molar-refractivity contribution >= 4 is 6.16 Å². The summed E-state index contributed by atoms with van der Waals surface area (Å²) >= 11 is 0. The van der Waals surface area contributed by atoms with E-state index in [1.54, 1.807) is 6.92 Å². The molecule has 17 heavy (non-hydrogen) atoms. The molecule has 0 aromatic heterocycles. The molecule has 2 aliphatic rings. The highest BCUT2D eigenvalue weighted by Gasteiger charge is 2.55. The van der Waals surface area contributed by atoms with E-state index in [4.69, 9.17) is 9.47 Å². The molecule has 5 nitrogen and oxygen atoms in total. The van der Waals surface area contributed by atoms with E-state index in [9.17, 15) is 15.0 Å². The van der Waals surface area contributed by atoms with Gasteiger partial charge < -0.3 is 19.7 Å². The molecule has 4 atom stereocenters. The predicted molar refractivity (Wildman–Crippen MR) is 57.8 cm³/mol. The molecule has 0 saturated carbocycles. The number of allylic oxidation sites excluding steroid dienone is 1. The van der Waals surface area contributed by atoms with Gasteiger partial charge in [0.1, 0.15) is 6.10 Å². The van der Waals surface area contributed by atoms with Crippen molar-refractivity contribution in [3.05, 3.63) is 24.3 Å². The van der Waals surface area contributed by atoms with E-state index in [0.717, 1.165) is 0 Å². The average Bonchev–Trinajstić information content (AvgIpc) is 2.63. The molecular weight excluding hydrogens is 224 g/mol. The first-order valence-electron chi connectivity index (χ1n) is 5.08. The van der Waals surface area contributed by atoms with Gasteiger partial charge in [0, 0.05) is 0 Å². The van der Waals surface area contributed by atoms with E-state index >= 15 is 0 Å². The van der Waals surface area contributed by atoms with Crippen molar-refractivity contribution < 1.29 is 24.5 Å². The zero-order valence-electron chi connectivity index (χ0n) is 9.21. The fourth-order valence-corrected chi connectivity index (χ4v) is 1.73. The summed E-state index contributed by atoms with van der Waals surface area (Å²) in [5.41, 5.74) is -1.34. The smallest absolute Gasteiger partial charge is 0.423 e. The third-order valence-corrected chi connectivity index (χ3v) is 2.60. The lowest BCUT2D eigenvalue weighted by atomic mass is 9.83. The number of aliphatic hydroxyl groups excluding tert-OH is 1. The second-order valence-corrected chi connectivity index (χ2v) is 4.06. The van der Waals surface area contributed by atoms with Crippen LogP contribution in [0.4, 0.5) is 4.79 Å². The Morgan fingerprint density at radius 3 is 2.88 bits per heavy atom. The van der Waals surface area contributed by atoms with E-state index in [2.05, 4.69) is 18.4 Å². The van der Waals surface area contributed by atoms with Crippen LogP contribution in [0.5, 0.6) is 0 Å². The monoisotopic (exact) mass is 236 g/mol. The van der Waals surface area contributed by atoms with Gasteiger partial charge >= 0.3 is 6.16 Å². The molecule has 0 aromatic rings. The van der Waals surface area contributed by atoms with Crippen LogP contribution in [0.2, 0.25) is 0 Å². The molecule has 1 aliphatic heterocycles. The maximum absolute atomic E-state index is 11.0. The highest BCUT2D eigenvalue weighted by molar-refractivity contribution is 5.64. The fourth-order valence-electron chi connectivity index (χ4n) is 1.73. The van der Waals surface area contributed by atoms with Gasteiger partial charge in [-0.25, -0.2) is 4.79 Å². The molecule has 0 bridgehead atoms. The number of rotatable bonds is 0. The van der Waals surface area contributed by atoms with E-state index in [1.165, 1.54) is 12.2 Å². The minimum atomic E-state index is -1.87. The van der Waals surface area contributed by atoms with Crippen molar-refractivity contribution in [1.29, 1.82) is 0 Å². The van der Waals surface area contributed by atoms with Crippen LogP contribution < -0.4 is 0 Å². The summed E-state index contributed by atoms with van der Waals surface area (Å²) in [6, 6.07) is 0. The Labute approximate surface area is 98.3 Å². The lowest BCUT2D eigenvalue weighted by Crippen LogP contribution is -2.56. The second kappa shape index (κ2) is 3.91. The molecule has 0 unspecified atom stereocenters. The SMILES string of the molecule is C=C(C)C#C[C@]1(O)[C@@H]2OC(=O)O[C@@H]2C=C[C@@H]1O. The van der Waals surface area contributed by atoms with Crippen LogP contribution in [0, 0.1) is 11.8 Å². The van der Waals surface area contributed by atoms with E-state index in [-0.39, 0.29) is 0 Å². The highest BCUT2D eigenvalue weighted by Crippen LogP contribution is 2.33. The lowest BCUT2D eigenvalue weighted by molar-refractivity contribution is -0.0930. The van der Waals surface area contributed by atoms with Crippen LogP contribution in [-0.2, 0) is 9.47 Å². The Balaban J connectivity index is 2.37. The molecule has 0 amide bonds. The molecule has 0 spiro atoms. The van der Waals surface area contributed by atoms with Gasteiger partial charge in [-0.2, -0.15) is 0 Å². The Morgan fingerprint density at radius 1 is 1.53 bits per heavy atom. The summed E-state index contributed by atoms with van der Waals surface area (Å²) in [7, 11) is 0. The number of hydrogen-bond acceptors (Lipinski definition) is 5. The fraction of sp³-hybridized carbons (Fsp3) is 0.417. The predicted octanol–water partition coefficient (Wildman–Crippen LogP) is 0.132. The first-order chi connectivity index (χ1) is 7.93. The minimum Gasteiger partial charge on any atom is -0.423 e. The van der Waals surface area contributed by atoms with Gasteiger partial charge in [-0.3, -0.25) is 0 Å². The summed E-state index contributed by atoms with van der Waals surface area (Å²) in [6.07, 6.45) is -1.08. The van der Waals surface area contributed by atoms with Gasteiger partial charge in [0.15, 0.2) is 17.8 Å².